The van der Waals surface area contributed by atoms with E-state index in [9.17, 15) is 8.42 Å². The number of fused-ring (bicyclic) bond motifs is 1. The van der Waals surface area contributed by atoms with Gasteiger partial charge in [-0.25, -0.2) is 8.42 Å². The number of halogens is 2. The fraction of sp³-hybridized carbons (Fsp3) is 0.450. The van der Waals surface area contributed by atoms with Crippen molar-refractivity contribution in [3.63, 3.8) is 0 Å². The number of ether oxygens (including phenoxy) is 1. The number of sulfonamides is 1. The van der Waals surface area contributed by atoms with Gasteiger partial charge in [-0.05, 0) is 49.7 Å². The lowest BCUT2D eigenvalue weighted by molar-refractivity contribution is 0.00868. The highest BCUT2D eigenvalue weighted by molar-refractivity contribution is 7.92. The van der Waals surface area contributed by atoms with Crippen molar-refractivity contribution in [2.75, 3.05) is 30.6 Å². The maximum absolute atomic E-state index is 11.5. The zero-order chi connectivity index (χ0) is 18.9. The average Bonchev–Trinajstić information content (AvgIpc) is 2.96. The summed E-state index contributed by atoms with van der Waals surface area (Å²) in [5.74, 6) is 0.876. The predicted octanol–water partition coefficient (Wildman–Crippen LogP) is 3.31. The number of nitrogens with one attached hydrogen (secondary N) is 1. The Morgan fingerprint density at radius 2 is 2.07 bits per heavy atom. The standard InChI is InChI=1S/C20H25N3O3S.2ClH/c1-27(24,25)22-18-6-7-19-16(13-18)14-20(26-19)9-4-11-23(15-20)12-8-17-5-2-3-10-21-17;;/h2-3,5-7,10,13,22H,4,8-9,11-12,14-15H2,1H3;2*1H. The molecule has 160 valence electrons. The fourth-order valence-electron chi connectivity index (χ4n) is 4.14. The van der Waals surface area contributed by atoms with Gasteiger partial charge in [-0.3, -0.25) is 14.6 Å². The van der Waals surface area contributed by atoms with Crippen LogP contribution in [0.25, 0.3) is 0 Å². The van der Waals surface area contributed by atoms with Gasteiger partial charge < -0.3 is 4.74 Å². The maximum atomic E-state index is 11.5. The molecule has 3 heterocycles. The van der Waals surface area contributed by atoms with Crippen molar-refractivity contribution in [3.05, 3.63) is 53.9 Å². The number of benzene rings is 1. The molecular weight excluding hydrogens is 433 g/mol. The molecular formula is C20H27Cl2N3O3S. The number of piperidine rings is 1. The molecule has 2 aliphatic heterocycles. The molecule has 4 rings (SSSR count). The first-order valence-electron chi connectivity index (χ1n) is 9.33. The molecule has 1 unspecified atom stereocenters. The Labute approximate surface area is 184 Å². The molecule has 1 spiro atoms. The summed E-state index contributed by atoms with van der Waals surface area (Å²) in [6.07, 6.45) is 6.89. The number of pyridine rings is 1. The second-order valence-electron chi connectivity index (χ2n) is 7.61. The first-order valence-corrected chi connectivity index (χ1v) is 11.2. The number of hydrogen-bond donors (Lipinski definition) is 1. The van der Waals surface area contributed by atoms with Gasteiger partial charge in [0.15, 0.2) is 0 Å². The Kier molecular flexibility index (Phi) is 7.79. The maximum Gasteiger partial charge on any atom is 0.229 e. The van der Waals surface area contributed by atoms with Crippen LogP contribution in [0.4, 0.5) is 5.69 Å². The van der Waals surface area contributed by atoms with E-state index in [4.69, 9.17) is 4.74 Å². The van der Waals surface area contributed by atoms with Gasteiger partial charge in [0.1, 0.15) is 11.4 Å². The lowest BCUT2D eigenvalue weighted by Gasteiger charge is -2.39. The van der Waals surface area contributed by atoms with Crippen LogP contribution in [0.5, 0.6) is 5.75 Å². The van der Waals surface area contributed by atoms with Crippen LogP contribution in [0.1, 0.15) is 24.1 Å². The van der Waals surface area contributed by atoms with E-state index in [1.165, 1.54) is 6.26 Å². The molecule has 1 fully saturated rings. The summed E-state index contributed by atoms with van der Waals surface area (Å²) >= 11 is 0. The lowest BCUT2D eigenvalue weighted by Crippen LogP contribution is -2.51. The molecule has 2 aliphatic rings. The fourth-order valence-corrected chi connectivity index (χ4v) is 4.69. The van der Waals surface area contributed by atoms with Crippen LogP contribution >= 0.6 is 24.8 Å². The second kappa shape index (κ2) is 9.51. The van der Waals surface area contributed by atoms with Crippen molar-refractivity contribution in [3.8, 4) is 5.75 Å². The summed E-state index contributed by atoms with van der Waals surface area (Å²) in [6, 6.07) is 11.6. The third-order valence-electron chi connectivity index (χ3n) is 5.23. The highest BCUT2D eigenvalue weighted by Crippen LogP contribution is 2.41. The van der Waals surface area contributed by atoms with Crippen molar-refractivity contribution in [2.24, 2.45) is 0 Å². The summed E-state index contributed by atoms with van der Waals surface area (Å²) < 4.78 is 31.9. The van der Waals surface area contributed by atoms with Crippen LogP contribution in [0.15, 0.2) is 42.6 Å². The number of anilines is 1. The van der Waals surface area contributed by atoms with Gasteiger partial charge in [0.05, 0.1) is 6.26 Å². The van der Waals surface area contributed by atoms with E-state index in [2.05, 4.69) is 20.7 Å². The van der Waals surface area contributed by atoms with E-state index in [0.29, 0.717) is 5.69 Å². The van der Waals surface area contributed by atoms with Crippen molar-refractivity contribution in [2.45, 2.75) is 31.3 Å². The molecule has 6 nitrogen and oxygen atoms in total. The van der Waals surface area contributed by atoms with Gasteiger partial charge in [0.2, 0.25) is 10.0 Å². The van der Waals surface area contributed by atoms with Crippen LogP contribution in [0.3, 0.4) is 0 Å². The molecule has 2 aromatic rings. The van der Waals surface area contributed by atoms with Gasteiger partial charge in [0, 0.05) is 49.1 Å². The Morgan fingerprint density at radius 3 is 2.79 bits per heavy atom. The number of likely N-dealkylation sites (tertiary alicyclic amines) is 1. The van der Waals surface area contributed by atoms with Crippen molar-refractivity contribution in [1.29, 1.82) is 0 Å². The number of hydrogen-bond acceptors (Lipinski definition) is 5. The van der Waals surface area contributed by atoms with Crippen LogP contribution in [0, 0.1) is 0 Å². The molecule has 0 bridgehead atoms. The van der Waals surface area contributed by atoms with E-state index in [1.807, 2.05) is 30.5 Å². The molecule has 0 radical (unpaired) electrons. The molecule has 9 heteroatoms. The quantitative estimate of drug-likeness (QED) is 0.742. The highest BCUT2D eigenvalue weighted by Gasteiger charge is 2.42. The number of aromatic nitrogens is 1. The van der Waals surface area contributed by atoms with Crippen LogP contribution in [-0.2, 0) is 22.9 Å². The van der Waals surface area contributed by atoms with Crippen molar-refractivity contribution in [1.82, 2.24) is 9.88 Å². The number of rotatable bonds is 5. The molecule has 1 saturated heterocycles. The second-order valence-corrected chi connectivity index (χ2v) is 9.36. The summed E-state index contributed by atoms with van der Waals surface area (Å²) in [6.45, 7) is 2.94. The first kappa shape index (κ1) is 23.7. The highest BCUT2D eigenvalue weighted by atomic mass is 35.5. The van der Waals surface area contributed by atoms with Crippen LogP contribution in [-0.4, -0.2) is 49.8 Å². The van der Waals surface area contributed by atoms with E-state index in [1.54, 1.807) is 6.07 Å². The minimum absolute atomic E-state index is 0. The van der Waals surface area contributed by atoms with Gasteiger partial charge >= 0.3 is 0 Å². The van der Waals surface area contributed by atoms with Crippen LogP contribution < -0.4 is 9.46 Å². The monoisotopic (exact) mass is 459 g/mol. The van der Waals surface area contributed by atoms with E-state index >= 15 is 0 Å². The Hall–Kier alpha value is -1.54. The predicted molar refractivity (Wildman–Crippen MR) is 120 cm³/mol. The normalized spacial score (nSPS) is 20.9. The van der Waals surface area contributed by atoms with Gasteiger partial charge in [0.25, 0.3) is 0 Å². The van der Waals surface area contributed by atoms with Crippen molar-refractivity contribution < 1.29 is 13.2 Å². The Balaban J connectivity index is 0.00000150. The minimum Gasteiger partial charge on any atom is -0.485 e. The molecule has 0 amide bonds. The average molecular weight is 460 g/mol. The molecule has 1 aromatic heterocycles. The smallest absolute Gasteiger partial charge is 0.229 e. The topological polar surface area (TPSA) is 71.5 Å². The van der Waals surface area contributed by atoms with Gasteiger partial charge in [-0.2, -0.15) is 0 Å². The first-order chi connectivity index (χ1) is 12.9. The summed E-state index contributed by atoms with van der Waals surface area (Å²) in [5.41, 5.74) is 2.59. The largest absolute Gasteiger partial charge is 0.485 e. The molecule has 1 N–H and O–H groups in total. The SMILES string of the molecule is CS(=O)(=O)Nc1ccc2c(c1)CC1(CCCN(CCc3ccccn3)C1)O2.Cl.Cl. The van der Waals surface area contributed by atoms with Crippen LogP contribution in [0.2, 0.25) is 0 Å². The van der Waals surface area contributed by atoms with Gasteiger partial charge in [-0.15, -0.1) is 24.8 Å². The Morgan fingerprint density at radius 1 is 1.24 bits per heavy atom. The minimum atomic E-state index is -3.28. The van der Waals surface area contributed by atoms with E-state index in [0.717, 1.165) is 62.3 Å². The number of nitrogens with zero attached hydrogens (tertiary/aromatic N) is 2. The summed E-state index contributed by atoms with van der Waals surface area (Å²) in [4.78, 5) is 6.87. The lowest BCUT2D eigenvalue weighted by atomic mass is 9.88. The molecule has 0 aliphatic carbocycles. The van der Waals surface area contributed by atoms with Crippen molar-refractivity contribution >= 4 is 40.5 Å². The third-order valence-corrected chi connectivity index (χ3v) is 5.84. The molecule has 29 heavy (non-hydrogen) atoms. The third kappa shape index (κ3) is 5.98. The van der Waals surface area contributed by atoms with E-state index < -0.39 is 10.0 Å². The van der Waals surface area contributed by atoms with E-state index in [-0.39, 0.29) is 30.4 Å². The zero-order valence-electron chi connectivity index (χ0n) is 16.3. The molecule has 1 atom stereocenters. The Bertz CT molecular complexity index is 928. The summed E-state index contributed by atoms with van der Waals surface area (Å²) in [7, 11) is -3.28. The molecule has 1 aromatic carbocycles. The summed E-state index contributed by atoms with van der Waals surface area (Å²) in [5, 5.41) is 0. The molecule has 0 saturated carbocycles. The zero-order valence-corrected chi connectivity index (χ0v) is 18.8. The van der Waals surface area contributed by atoms with Gasteiger partial charge in [-0.1, -0.05) is 6.07 Å².